The molecule has 0 bridgehead atoms. The van der Waals surface area contributed by atoms with Crippen LogP contribution >= 0.6 is 0 Å². The van der Waals surface area contributed by atoms with Crippen molar-refractivity contribution in [1.82, 2.24) is 4.90 Å². The molecule has 2 rings (SSSR count). The fourth-order valence-corrected chi connectivity index (χ4v) is 3.12. The summed E-state index contributed by atoms with van der Waals surface area (Å²) in [5.74, 6) is 1.10. The molecule has 20 heavy (non-hydrogen) atoms. The van der Waals surface area contributed by atoms with Gasteiger partial charge in [0.05, 0.1) is 0 Å². The minimum absolute atomic E-state index is 0.232. The fraction of sp³-hybridized carbons (Fsp3) is 0.611. The van der Waals surface area contributed by atoms with Gasteiger partial charge in [0.1, 0.15) is 0 Å². The molecule has 0 amide bonds. The lowest BCUT2D eigenvalue weighted by atomic mass is 9.81. The smallest absolute Gasteiger partial charge is 0.165 e. The number of ketones is 1. The highest BCUT2D eigenvalue weighted by Gasteiger charge is 2.27. The minimum Gasteiger partial charge on any atom is -0.306 e. The van der Waals surface area contributed by atoms with Gasteiger partial charge in [-0.05, 0) is 51.3 Å². The third-order valence-electron chi connectivity index (χ3n) is 4.66. The van der Waals surface area contributed by atoms with Crippen molar-refractivity contribution in [2.75, 3.05) is 14.1 Å². The van der Waals surface area contributed by atoms with Gasteiger partial charge in [-0.1, -0.05) is 38.1 Å². The highest BCUT2D eigenvalue weighted by atomic mass is 16.1. The first kappa shape index (κ1) is 15.2. The Hall–Kier alpha value is -1.15. The Balaban J connectivity index is 1.98. The van der Waals surface area contributed by atoms with E-state index in [1.807, 2.05) is 12.1 Å². The maximum absolute atomic E-state index is 12.5. The van der Waals surface area contributed by atoms with E-state index in [2.05, 4.69) is 45.0 Å². The number of rotatable bonds is 4. The van der Waals surface area contributed by atoms with E-state index in [9.17, 15) is 4.79 Å². The Labute approximate surface area is 123 Å². The Bertz CT molecular complexity index is 439. The van der Waals surface area contributed by atoms with Crippen molar-refractivity contribution in [3.8, 4) is 0 Å². The molecule has 1 aliphatic carbocycles. The van der Waals surface area contributed by atoms with Crippen molar-refractivity contribution in [2.24, 2.45) is 5.92 Å². The summed E-state index contributed by atoms with van der Waals surface area (Å²) in [5, 5.41) is 0. The van der Waals surface area contributed by atoms with Gasteiger partial charge < -0.3 is 4.90 Å². The van der Waals surface area contributed by atoms with Gasteiger partial charge in [-0.25, -0.2) is 0 Å². The van der Waals surface area contributed by atoms with Crippen molar-refractivity contribution < 1.29 is 4.79 Å². The van der Waals surface area contributed by atoms with Gasteiger partial charge in [-0.3, -0.25) is 4.79 Å². The Morgan fingerprint density at radius 3 is 2.05 bits per heavy atom. The van der Waals surface area contributed by atoms with E-state index in [-0.39, 0.29) is 5.92 Å². The van der Waals surface area contributed by atoms with Gasteiger partial charge in [-0.15, -0.1) is 0 Å². The SMILES string of the molecule is CC(C)c1ccc(C(=O)C2CCC(N(C)C)CC2)cc1. The quantitative estimate of drug-likeness (QED) is 0.769. The van der Waals surface area contributed by atoms with Crippen LogP contribution in [-0.4, -0.2) is 30.8 Å². The van der Waals surface area contributed by atoms with E-state index in [0.717, 1.165) is 31.2 Å². The number of benzene rings is 1. The average Bonchev–Trinajstić information content (AvgIpc) is 2.46. The molecule has 0 aliphatic heterocycles. The number of hydrogen-bond acceptors (Lipinski definition) is 2. The average molecular weight is 273 g/mol. The third-order valence-corrected chi connectivity index (χ3v) is 4.66. The highest BCUT2D eigenvalue weighted by molar-refractivity contribution is 5.97. The summed E-state index contributed by atoms with van der Waals surface area (Å²) in [6.07, 6.45) is 4.36. The fourth-order valence-electron chi connectivity index (χ4n) is 3.12. The molecule has 2 nitrogen and oxygen atoms in total. The Kier molecular flexibility index (Phi) is 4.98. The van der Waals surface area contributed by atoms with Gasteiger partial charge >= 0.3 is 0 Å². The van der Waals surface area contributed by atoms with Crippen molar-refractivity contribution in [2.45, 2.75) is 51.5 Å². The van der Waals surface area contributed by atoms with E-state index >= 15 is 0 Å². The van der Waals surface area contributed by atoms with E-state index < -0.39 is 0 Å². The zero-order valence-corrected chi connectivity index (χ0v) is 13.2. The largest absolute Gasteiger partial charge is 0.306 e. The summed E-state index contributed by atoms with van der Waals surface area (Å²) >= 11 is 0. The van der Waals surface area contributed by atoms with E-state index in [0.29, 0.717) is 17.7 Å². The topological polar surface area (TPSA) is 20.3 Å². The maximum atomic E-state index is 12.5. The summed E-state index contributed by atoms with van der Waals surface area (Å²) in [5.41, 5.74) is 2.19. The predicted octanol–water partition coefficient (Wildman–Crippen LogP) is 4.11. The summed E-state index contributed by atoms with van der Waals surface area (Å²) in [4.78, 5) is 14.8. The van der Waals surface area contributed by atoms with Gasteiger partial charge in [0.15, 0.2) is 5.78 Å². The lowest BCUT2D eigenvalue weighted by molar-refractivity contribution is 0.0855. The Morgan fingerprint density at radius 2 is 1.60 bits per heavy atom. The van der Waals surface area contributed by atoms with Crippen LogP contribution < -0.4 is 0 Å². The monoisotopic (exact) mass is 273 g/mol. The van der Waals surface area contributed by atoms with E-state index in [1.165, 1.54) is 5.56 Å². The number of carbonyl (C=O) groups excluding carboxylic acids is 1. The molecular formula is C18H27NO. The van der Waals surface area contributed by atoms with Crippen LogP contribution in [0.1, 0.15) is 61.4 Å². The standard InChI is InChI=1S/C18H27NO/c1-13(2)14-5-7-15(8-6-14)18(20)16-9-11-17(12-10-16)19(3)4/h5-8,13,16-17H,9-12H2,1-4H3. The molecule has 0 saturated heterocycles. The third kappa shape index (κ3) is 3.49. The maximum Gasteiger partial charge on any atom is 0.165 e. The minimum atomic E-state index is 0.232. The first-order valence-electron chi connectivity index (χ1n) is 7.79. The number of Topliss-reactive ketones (excluding diaryl/α,β-unsaturated/α-hetero) is 1. The molecule has 0 unspecified atom stereocenters. The molecule has 0 radical (unpaired) electrons. The number of nitrogens with zero attached hydrogens (tertiary/aromatic N) is 1. The van der Waals surface area contributed by atoms with Crippen LogP contribution in [0.15, 0.2) is 24.3 Å². The summed E-state index contributed by atoms with van der Waals surface area (Å²) in [6, 6.07) is 8.88. The molecule has 110 valence electrons. The molecule has 2 heteroatoms. The summed E-state index contributed by atoms with van der Waals surface area (Å²) in [7, 11) is 4.27. The van der Waals surface area contributed by atoms with Crippen LogP contribution in [0.3, 0.4) is 0 Å². The van der Waals surface area contributed by atoms with Crippen LogP contribution in [0, 0.1) is 5.92 Å². The van der Waals surface area contributed by atoms with Gasteiger partial charge in [0, 0.05) is 17.5 Å². The van der Waals surface area contributed by atoms with Crippen LogP contribution in [0.4, 0.5) is 0 Å². The zero-order chi connectivity index (χ0) is 14.7. The van der Waals surface area contributed by atoms with Crippen molar-refractivity contribution in [3.63, 3.8) is 0 Å². The van der Waals surface area contributed by atoms with Crippen molar-refractivity contribution >= 4 is 5.78 Å². The van der Waals surface area contributed by atoms with Crippen LogP contribution in [0.2, 0.25) is 0 Å². The highest BCUT2D eigenvalue weighted by Crippen LogP contribution is 2.29. The van der Waals surface area contributed by atoms with Gasteiger partial charge in [0.25, 0.3) is 0 Å². The predicted molar refractivity (Wildman–Crippen MR) is 84.3 cm³/mol. The van der Waals surface area contributed by atoms with Crippen LogP contribution in [0.25, 0.3) is 0 Å². The molecule has 0 atom stereocenters. The molecule has 1 fully saturated rings. The molecule has 1 aromatic carbocycles. The number of carbonyl (C=O) groups is 1. The second-order valence-corrected chi connectivity index (χ2v) is 6.61. The number of hydrogen-bond donors (Lipinski definition) is 0. The van der Waals surface area contributed by atoms with Gasteiger partial charge in [-0.2, -0.15) is 0 Å². The molecule has 1 aromatic rings. The first-order valence-corrected chi connectivity index (χ1v) is 7.79. The summed E-state index contributed by atoms with van der Waals surface area (Å²) < 4.78 is 0. The molecule has 0 N–H and O–H groups in total. The molecule has 1 aliphatic rings. The van der Waals surface area contributed by atoms with Gasteiger partial charge in [0.2, 0.25) is 0 Å². The van der Waals surface area contributed by atoms with Crippen LogP contribution in [0.5, 0.6) is 0 Å². The normalized spacial score (nSPS) is 23.3. The lowest BCUT2D eigenvalue weighted by Crippen LogP contribution is -2.34. The lowest BCUT2D eigenvalue weighted by Gasteiger charge is -2.32. The first-order chi connectivity index (χ1) is 9.49. The summed E-state index contributed by atoms with van der Waals surface area (Å²) in [6.45, 7) is 4.36. The molecular weight excluding hydrogens is 246 g/mol. The molecule has 1 saturated carbocycles. The van der Waals surface area contributed by atoms with Crippen molar-refractivity contribution in [3.05, 3.63) is 35.4 Å². The Morgan fingerprint density at radius 1 is 1.05 bits per heavy atom. The van der Waals surface area contributed by atoms with E-state index in [1.54, 1.807) is 0 Å². The second-order valence-electron chi connectivity index (χ2n) is 6.61. The zero-order valence-electron chi connectivity index (χ0n) is 13.2. The molecule has 0 aromatic heterocycles. The second kappa shape index (κ2) is 6.53. The molecule has 0 heterocycles. The van der Waals surface area contributed by atoms with E-state index in [4.69, 9.17) is 0 Å². The van der Waals surface area contributed by atoms with Crippen LogP contribution in [-0.2, 0) is 0 Å². The molecule has 0 spiro atoms. The van der Waals surface area contributed by atoms with Crippen molar-refractivity contribution in [1.29, 1.82) is 0 Å².